The highest BCUT2D eigenvalue weighted by atomic mass is 35.5. The van der Waals surface area contributed by atoms with Crippen LogP contribution < -0.4 is 15.4 Å². The number of ether oxygens (including phenoxy) is 1. The SMILES string of the molecule is CCOc1nc2ccccc2nc1N[C@@H]1CCNC1.Cl. The molecule has 2 N–H and O–H groups in total. The van der Waals surface area contributed by atoms with Crippen LogP contribution in [0.25, 0.3) is 11.0 Å². The van der Waals surface area contributed by atoms with Crippen molar-refractivity contribution in [3.05, 3.63) is 24.3 Å². The molecule has 0 spiro atoms. The molecule has 0 bridgehead atoms. The number of nitrogens with zero attached hydrogens (tertiary/aromatic N) is 2. The van der Waals surface area contributed by atoms with E-state index in [1.165, 1.54) is 0 Å². The van der Waals surface area contributed by atoms with E-state index in [0.717, 1.165) is 36.4 Å². The predicted molar refractivity (Wildman–Crippen MR) is 82.9 cm³/mol. The lowest BCUT2D eigenvalue weighted by Crippen LogP contribution is -2.23. The molecule has 0 unspecified atom stereocenters. The molecule has 3 rings (SSSR count). The fourth-order valence-electron chi connectivity index (χ4n) is 2.29. The van der Waals surface area contributed by atoms with Crippen LogP contribution >= 0.6 is 12.4 Å². The van der Waals surface area contributed by atoms with Gasteiger partial charge in [-0.2, -0.15) is 0 Å². The third kappa shape index (κ3) is 3.11. The van der Waals surface area contributed by atoms with Crippen LogP contribution in [-0.2, 0) is 0 Å². The molecule has 1 aliphatic rings. The van der Waals surface area contributed by atoms with Crippen LogP contribution in [0.15, 0.2) is 24.3 Å². The van der Waals surface area contributed by atoms with Crippen LogP contribution in [0, 0.1) is 0 Å². The molecule has 6 heteroatoms. The lowest BCUT2D eigenvalue weighted by molar-refractivity contribution is 0.328. The molecule has 0 radical (unpaired) electrons. The number of anilines is 1. The van der Waals surface area contributed by atoms with Crippen molar-refractivity contribution in [3.63, 3.8) is 0 Å². The summed E-state index contributed by atoms with van der Waals surface area (Å²) >= 11 is 0. The number of aromatic nitrogens is 2. The summed E-state index contributed by atoms with van der Waals surface area (Å²) in [7, 11) is 0. The maximum absolute atomic E-state index is 5.60. The lowest BCUT2D eigenvalue weighted by atomic mass is 10.2. The average Bonchev–Trinajstić information content (AvgIpc) is 2.93. The molecule has 2 aromatic rings. The van der Waals surface area contributed by atoms with Crippen molar-refractivity contribution < 1.29 is 4.74 Å². The minimum Gasteiger partial charge on any atom is -0.475 e. The zero-order valence-electron chi connectivity index (χ0n) is 11.4. The standard InChI is InChI=1S/C14H18N4O.ClH/c1-2-19-14-13(16-10-7-8-15-9-10)17-11-5-3-4-6-12(11)18-14;/h3-6,10,15H,2,7-9H2,1H3,(H,16,17);1H/t10-;/m1./s1. The number of rotatable bonds is 4. The predicted octanol–water partition coefficient (Wildman–Crippen LogP) is 2.22. The fourth-order valence-corrected chi connectivity index (χ4v) is 2.29. The molecule has 1 aliphatic heterocycles. The summed E-state index contributed by atoms with van der Waals surface area (Å²) in [6.45, 7) is 4.55. The van der Waals surface area contributed by atoms with Gasteiger partial charge in [0, 0.05) is 12.6 Å². The Hall–Kier alpha value is -1.59. The number of benzene rings is 1. The zero-order chi connectivity index (χ0) is 13.1. The van der Waals surface area contributed by atoms with Gasteiger partial charge in [-0.25, -0.2) is 9.97 Å². The van der Waals surface area contributed by atoms with Crippen molar-refractivity contribution in [2.24, 2.45) is 0 Å². The van der Waals surface area contributed by atoms with Gasteiger partial charge in [-0.3, -0.25) is 0 Å². The van der Waals surface area contributed by atoms with Crippen molar-refractivity contribution >= 4 is 29.3 Å². The van der Waals surface area contributed by atoms with Gasteiger partial charge >= 0.3 is 0 Å². The first-order valence-corrected chi connectivity index (χ1v) is 6.73. The minimum absolute atomic E-state index is 0. The van der Waals surface area contributed by atoms with Crippen LogP contribution in [0.2, 0.25) is 0 Å². The Kier molecular flexibility index (Phi) is 4.98. The van der Waals surface area contributed by atoms with E-state index in [0.29, 0.717) is 18.5 Å². The largest absolute Gasteiger partial charge is 0.475 e. The van der Waals surface area contributed by atoms with E-state index in [2.05, 4.69) is 20.6 Å². The molecular weight excluding hydrogens is 276 g/mol. The van der Waals surface area contributed by atoms with Gasteiger partial charge < -0.3 is 15.4 Å². The van der Waals surface area contributed by atoms with Crippen molar-refractivity contribution in [2.75, 3.05) is 25.0 Å². The van der Waals surface area contributed by atoms with Crippen molar-refractivity contribution in [1.82, 2.24) is 15.3 Å². The highest BCUT2D eigenvalue weighted by Gasteiger charge is 2.18. The third-order valence-electron chi connectivity index (χ3n) is 3.22. The molecule has 0 aliphatic carbocycles. The maximum Gasteiger partial charge on any atom is 0.258 e. The molecule has 1 aromatic heterocycles. The average molecular weight is 295 g/mol. The van der Waals surface area contributed by atoms with Crippen molar-refractivity contribution in [3.8, 4) is 5.88 Å². The second kappa shape index (κ2) is 6.72. The second-order valence-electron chi connectivity index (χ2n) is 4.63. The highest BCUT2D eigenvalue weighted by molar-refractivity contribution is 5.85. The summed E-state index contributed by atoms with van der Waals surface area (Å²) in [5.74, 6) is 1.34. The molecule has 2 heterocycles. The molecule has 1 fully saturated rings. The maximum atomic E-state index is 5.60. The van der Waals surface area contributed by atoms with E-state index in [-0.39, 0.29) is 12.4 Å². The van der Waals surface area contributed by atoms with Crippen LogP contribution in [0.1, 0.15) is 13.3 Å². The molecule has 0 amide bonds. The summed E-state index contributed by atoms with van der Waals surface area (Å²) in [5.41, 5.74) is 1.75. The van der Waals surface area contributed by atoms with E-state index in [1.54, 1.807) is 0 Å². The Morgan fingerprint density at radius 1 is 1.30 bits per heavy atom. The summed E-state index contributed by atoms with van der Waals surface area (Å²) in [4.78, 5) is 9.17. The third-order valence-corrected chi connectivity index (χ3v) is 3.22. The van der Waals surface area contributed by atoms with Gasteiger partial charge in [0.25, 0.3) is 5.88 Å². The van der Waals surface area contributed by atoms with E-state index >= 15 is 0 Å². The Labute approximate surface area is 124 Å². The molecule has 1 atom stereocenters. The van der Waals surface area contributed by atoms with Crippen molar-refractivity contribution in [1.29, 1.82) is 0 Å². The van der Waals surface area contributed by atoms with Gasteiger partial charge in [0.15, 0.2) is 5.82 Å². The number of hydrogen-bond acceptors (Lipinski definition) is 5. The van der Waals surface area contributed by atoms with Gasteiger partial charge in [-0.15, -0.1) is 12.4 Å². The number of halogens is 1. The van der Waals surface area contributed by atoms with Crippen LogP contribution in [0.3, 0.4) is 0 Å². The van der Waals surface area contributed by atoms with E-state index in [4.69, 9.17) is 4.74 Å². The monoisotopic (exact) mass is 294 g/mol. The fraction of sp³-hybridized carbons (Fsp3) is 0.429. The van der Waals surface area contributed by atoms with Crippen LogP contribution in [0.4, 0.5) is 5.82 Å². The second-order valence-corrected chi connectivity index (χ2v) is 4.63. The molecule has 5 nitrogen and oxygen atoms in total. The zero-order valence-corrected chi connectivity index (χ0v) is 12.2. The van der Waals surface area contributed by atoms with Crippen LogP contribution in [-0.4, -0.2) is 35.7 Å². The number of nitrogens with one attached hydrogen (secondary N) is 2. The van der Waals surface area contributed by atoms with E-state index in [1.807, 2.05) is 31.2 Å². The number of hydrogen-bond donors (Lipinski definition) is 2. The first-order valence-electron chi connectivity index (χ1n) is 6.73. The molecule has 1 saturated heterocycles. The lowest BCUT2D eigenvalue weighted by Gasteiger charge is -2.15. The van der Waals surface area contributed by atoms with Gasteiger partial charge in [0.1, 0.15) is 0 Å². The molecule has 1 aromatic carbocycles. The van der Waals surface area contributed by atoms with Gasteiger partial charge in [-0.05, 0) is 32.0 Å². The van der Waals surface area contributed by atoms with E-state index in [9.17, 15) is 0 Å². The Morgan fingerprint density at radius 2 is 2.05 bits per heavy atom. The molecule has 0 saturated carbocycles. The summed E-state index contributed by atoms with van der Waals surface area (Å²) < 4.78 is 5.60. The van der Waals surface area contributed by atoms with Gasteiger partial charge in [-0.1, -0.05) is 12.1 Å². The molecule has 108 valence electrons. The van der Waals surface area contributed by atoms with Crippen molar-refractivity contribution in [2.45, 2.75) is 19.4 Å². The summed E-state index contributed by atoms with van der Waals surface area (Å²) in [6.07, 6.45) is 1.10. The first kappa shape index (κ1) is 14.8. The topological polar surface area (TPSA) is 59.1 Å². The first-order chi connectivity index (χ1) is 9.36. The molecule has 20 heavy (non-hydrogen) atoms. The smallest absolute Gasteiger partial charge is 0.258 e. The minimum atomic E-state index is 0. The normalized spacial score (nSPS) is 17.8. The number of fused-ring (bicyclic) bond motifs is 1. The van der Waals surface area contributed by atoms with Crippen LogP contribution in [0.5, 0.6) is 5.88 Å². The van der Waals surface area contributed by atoms with Gasteiger partial charge in [0.05, 0.1) is 17.6 Å². The highest BCUT2D eigenvalue weighted by Crippen LogP contribution is 2.24. The molecular formula is C14H19ClN4O. The number of para-hydroxylation sites is 2. The Balaban J connectivity index is 0.00000147. The Bertz CT molecular complexity index is 572. The summed E-state index contributed by atoms with van der Waals surface area (Å²) in [6, 6.07) is 8.25. The quantitative estimate of drug-likeness (QED) is 0.905. The van der Waals surface area contributed by atoms with Gasteiger partial charge in [0.2, 0.25) is 0 Å². The summed E-state index contributed by atoms with van der Waals surface area (Å²) in [5, 5.41) is 6.76. The Morgan fingerprint density at radius 3 is 2.70 bits per heavy atom. The van der Waals surface area contributed by atoms with E-state index < -0.39 is 0 Å².